The minimum atomic E-state index is -0.812. The number of H-pyrrole nitrogens is 1. The van der Waals surface area contributed by atoms with Crippen LogP contribution in [-0.2, 0) is 16.0 Å². The van der Waals surface area contributed by atoms with E-state index in [4.69, 9.17) is 5.11 Å². The summed E-state index contributed by atoms with van der Waals surface area (Å²) in [4.78, 5) is 32.6. The SMILES string of the molecule is O=C(O)CN1CCC(C(=O)NCCCc2nc3ccccc3[nH]2)CC1. The molecular weight excluding hydrogens is 320 g/mol. The van der Waals surface area contributed by atoms with Gasteiger partial charge in [0.05, 0.1) is 17.6 Å². The van der Waals surface area contributed by atoms with E-state index in [0.717, 1.165) is 42.5 Å². The Labute approximate surface area is 146 Å². The number of hydrogen-bond donors (Lipinski definition) is 3. The summed E-state index contributed by atoms with van der Waals surface area (Å²) in [5.41, 5.74) is 2.00. The van der Waals surface area contributed by atoms with Crippen LogP contribution < -0.4 is 5.32 Å². The quantitative estimate of drug-likeness (QED) is 0.660. The van der Waals surface area contributed by atoms with E-state index in [1.807, 2.05) is 29.2 Å². The summed E-state index contributed by atoms with van der Waals surface area (Å²) in [6.45, 7) is 2.03. The number of aromatic nitrogens is 2. The van der Waals surface area contributed by atoms with Crippen molar-refractivity contribution in [3.8, 4) is 0 Å². The third-order valence-electron chi connectivity index (χ3n) is 4.65. The summed E-state index contributed by atoms with van der Waals surface area (Å²) >= 11 is 0. The number of carboxylic acid groups (broad SMARTS) is 1. The van der Waals surface area contributed by atoms with Crippen LogP contribution in [-0.4, -0.2) is 58.0 Å². The summed E-state index contributed by atoms with van der Waals surface area (Å²) in [5.74, 6) is 0.210. The normalized spacial score (nSPS) is 16.2. The number of benzene rings is 1. The molecular formula is C18H24N4O3. The van der Waals surface area contributed by atoms with Crippen LogP contribution in [0.25, 0.3) is 11.0 Å². The molecule has 3 rings (SSSR count). The van der Waals surface area contributed by atoms with Crippen molar-refractivity contribution in [3.63, 3.8) is 0 Å². The Kier molecular flexibility index (Phi) is 5.65. The fourth-order valence-corrected chi connectivity index (χ4v) is 3.28. The maximum Gasteiger partial charge on any atom is 0.317 e. The first-order valence-electron chi connectivity index (χ1n) is 8.77. The Morgan fingerprint density at radius 1 is 1.28 bits per heavy atom. The fraction of sp³-hybridized carbons (Fsp3) is 0.500. The Morgan fingerprint density at radius 2 is 2.04 bits per heavy atom. The van der Waals surface area contributed by atoms with Crippen LogP contribution in [0, 0.1) is 5.92 Å². The van der Waals surface area contributed by atoms with Crippen LogP contribution in [0.5, 0.6) is 0 Å². The first-order valence-corrected chi connectivity index (χ1v) is 8.77. The van der Waals surface area contributed by atoms with Gasteiger partial charge in [-0.3, -0.25) is 14.5 Å². The Hall–Kier alpha value is -2.41. The number of nitrogens with zero attached hydrogens (tertiary/aromatic N) is 2. The zero-order valence-electron chi connectivity index (χ0n) is 14.2. The van der Waals surface area contributed by atoms with E-state index in [1.165, 1.54) is 0 Å². The van der Waals surface area contributed by atoms with E-state index < -0.39 is 5.97 Å². The van der Waals surface area contributed by atoms with E-state index in [0.29, 0.717) is 19.6 Å². The maximum atomic E-state index is 12.2. The number of fused-ring (bicyclic) bond motifs is 1. The van der Waals surface area contributed by atoms with Gasteiger partial charge in [-0.1, -0.05) is 12.1 Å². The minimum Gasteiger partial charge on any atom is -0.480 e. The number of imidazole rings is 1. The van der Waals surface area contributed by atoms with Gasteiger partial charge in [0.25, 0.3) is 0 Å². The Bertz CT molecular complexity index is 702. The molecule has 7 heteroatoms. The van der Waals surface area contributed by atoms with Crippen molar-refractivity contribution in [3.05, 3.63) is 30.1 Å². The van der Waals surface area contributed by atoms with Gasteiger partial charge >= 0.3 is 5.97 Å². The van der Waals surface area contributed by atoms with Crippen molar-refractivity contribution in [1.29, 1.82) is 0 Å². The molecule has 1 aromatic heterocycles. The van der Waals surface area contributed by atoms with Crippen molar-refractivity contribution >= 4 is 22.9 Å². The number of rotatable bonds is 7. The molecule has 2 heterocycles. The van der Waals surface area contributed by atoms with Crippen molar-refractivity contribution in [2.24, 2.45) is 5.92 Å². The molecule has 0 unspecified atom stereocenters. The number of hydrogen-bond acceptors (Lipinski definition) is 4. The number of carbonyl (C=O) groups is 2. The molecule has 0 aliphatic carbocycles. The highest BCUT2D eigenvalue weighted by Crippen LogP contribution is 2.17. The van der Waals surface area contributed by atoms with E-state index >= 15 is 0 Å². The largest absolute Gasteiger partial charge is 0.480 e. The Balaban J connectivity index is 1.36. The Morgan fingerprint density at radius 3 is 2.76 bits per heavy atom. The molecule has 1 aliphatic rings. The lowest BCUT2D eigenvalue weighted by atomic mass is 9.96. The molecule has 3 N–H and O–H groups in total. The number of likely N-dealkylation sites (tertiary alicyclic amines) is 1. The molecule has 25 heavy (non-hydrogen) atoms. The first kappa shape index (κ1) is 17.4. The third-order valence-corrected chi connectivity index (χ3v) is 4.65. The van der Waals surface area contributed by atoms with Gasteiger partial charge in [-0.15, -0.1) is 0 Å². The topological polar surface area (TPSA) is 98.3 Å². The monoisotopic (exact) mass is 344 g/mol. The van der Waals surface area contributed by atoms with Crippen LogP contribution in [0.2, 0.25) is 0 Å². The van der Waals surface area contributed by atoms with Gasteiger partial charge in [-0.2, -0.15) is 0 Å². The smallest absolute Gasteiger partial charge is 0.317 e. The molecule has 134 valence electrons. The number of para-hydroxylation sites is 2. The van der Waals surface area contributed by atoms with Crippen LogP contribution in [0.4, 0.5) is 0 Å². The van der Waals surface area contributed by atoms with Gasteiger partial charge in [0.2, 0.25) is 5.91 Å². The van der Waals surface area contributed by atoms with Crippen LogP contribution in [0.3, 0.4) is 0 Å². The molecule has 0 spiro atoms. The number of piperidine rings is 1. The molecule has 0 bridgehead atoms. The van der Waals surface area contributed by atoms with Gasteiger partial charge in [0.1, 0.15) is 5.82 Å². The van der Waals surface area contributed by atoms with E-state index in [1.54, 1.807) is 0 Å². The zero-order valence-corrected chi connectivity index (χ0v) is 14.2. The molecule has 7 nitrogen and oxygen atoms in total. The van der Waals surface area contributed by atoms with Gasteiger partial charge < -0.3 is 15.4 Å². The highest BCUT2D eigenvalue weighted by atomic mass is 16.4. The molecule has 2 aromatic rings. The molecule has 1 saturated heterocycles. The zero-order chi connectivity index (χ0) is 17.6. The number of aryl methyl sites for hydroxylation is 1. The second kappa shape index (κ2) is 8.11. The summed E-state index contributed by atoms with van der Waals surface area (Å²) in [6, 6.07) is 7.93. The summed E-state index contributed by atoms with van der Waals surface area (Å²) in [5, 5.41) is 11.8. The molecule has 0 saturated carbocycles. The average molecular weight is 344 g/mol. The van der Waals surface area contributed by atoms with Crippen LogP contribution >= 0.6 is 0 Å². The molecule has 1 aliphatic heterocycles. The van der Waals surface area contributed by atoms with E-state index in [9.17, 15) is 9.59 Å². The lowest BCUT2D eigenvalue weighted by Gasteiger charge is -2.29. The van der Waals surface area contributed by atoms with Crippen molar-refractivity contribution in [1.82, 2.24) is 20.2 Å². The van der Waals surface area contributed by atoms with Crippen molar-refractivity contribution in [2.45, 2.75) is 25.7 Å². The molecule has 0 radical (unpaired) electrons. The number of amides is 1. The van der Waals surface area contributed by atoms with Crippen LogP contribution in [0.15, 0.2) is 24.3 Å². The summed E-state index contributed by atoms with van der Waals surface area (Å²) in [7, 11) is 0. The van der Waals surface area contributed by atoms with Crippen molar-refractivity contribution in [2.75, 3.05) is 26.2 Å². The molecule has 1 fully saturated rings. The van der Waals surface area contributed by atoms with Gasteiger partial charge in [0.15, 0.2) is 0 Å². The average Bonchev–Trinajstić information content (AvgIpc) is 3.01. The molecule has 0 atom stereocenters. The maximum absolute atomic E-state index is 12.2. The van der Waals surface area contributed by atoms with Gasteiger partial charge in [0, 0.05) is 18.9 Å². The predicted molar refractivity (Wildman–Crippen MR) is 94.2 cm³/mol. The molecule has 1 aromatic carbocycles. The lowest BCUT2D eigenvalue weighted by Crippen LogP contribution is -2.42. The van der Waals surface area contributed by atoms with Crippen molar-refractivity contribution < 1.29 is 14.7 Å². The van der Waals surface area contributed by atoms with E-state index in [2.05, 4.69) is 15.3 Å². The molecule has 1 amide bonds. The summed E-state index contributed by atoms with van der Waals surface area (Å²) in [6.07, 6.45) is 3.08. The lowest BCUT2D eigenvalue weighted by molar-refractivity contribution is -0.138. The number of aromatic amines is 1. The summed E-state index contributed by atoms with van der Waals surface area (Å²) < 4.78 is 0. The number of aliphatic carboxylic acids is 1. The van der Waals surface area contributed by atoms with E-state index in [-0.39, 0.29) is 18.4 Å². The second-order valence-electron chi connectivity index (χ2n) is 6.54. The first-order chi connectivity index (χ1) is 12.1. The highest BCUT2D eigenvalue weighted by molar-refractivity contribution is 5.78. The number of carboxylic acids is 1. The predicted octanol–water partition coefficient (Wildman–Crippen LogP) is 1.41. The highest BCUT2D eigenvalue weighted by Gasteiger charge is 2.25. The minimum absolute atomic E-state index is 0.00348. The number of carbonyl (C=O) groups excluding carboxylic acids is 1. The standard InChI is InChI=1S/C18H24N4O3/c23-17(24)12-22-10-7-13(8-11-22)18(25)19-9-3-6-16-20-14-4-1-2-5-15(14)21-16/h1-2,4-5,13H,3,6-12H2,(H,19,25)(H,20,21)(H,23,24). The number of nitrogens with one attached hydrogen (secondary N) is 2. The van der Waals surface area contributed by atoms with Crippen LogP contribution in [0.1, 0.15) is 25.1 Å². The fourth-order valence-electron chi connectivity index (χ4n) is 3.28. The van der Waals surface area contributed by atoms with Gasteiger partial charge in [-0.05, 0) is 44.5 Å². The second-order valence-corrected chi connectivity index (χ2v) is 6.54. The van der Waals surface area contributed by atoms with Gasteiger partial charge in [-0.25, -0.2) is 4.98 Å². The third kappa shape index (κ3) is 4.79.